The molecule has 4 rings (SSSR count). The molecule has 1 aromatic carbocycles. The predicted octanol–water partition coefficient (Wildman–Crippen LogP) is 4.30. The van der Waals surface area contributed by atoms with Gasteiger partial charge in [0.25, 0.3) is 0 Å². The first-order valence-electron chi connectivity index (χ1n) is 8.33. The topological polar surface area (TPSA) is 56.5 Å². The van der Waals surface area contributed by atoms with Crippen molar-refractivity contribution in [3.8, 4) is 0 Å². The molecule has 0 fully saturated rings. The summed E-state index contributed by atoms with van der Waals surface area (Å²) in [5.41, 5.74) is 3.03. The van der Waals surface area contributed by atoms with Gasteiger partial charge in [0, 0.05) is 24.2 Å². The number of rotatable bonds is 4. The van der Waals surface area contributed by atoms with Gasteiger partial charge in [0.2, 0.25) is 0 Å². The van der Waals surface area contributed by atoms with Crippen LogP contribution >= 0.6 is 11.6 Å². The first-order chi connectivity index (χ1) is 12.7. The standard InChI is InChI=1S/C20H16ClN3O2/c1-2-26-20(25)19-17-5-3-4-8-24(17)18(23-19)10-13-6-7-16-14(9-13)11-15(21)12-22-16/h3-9,11-12H,2,10H2,1H3. The van der Waals surface area contributed by atoms with Crippen LogP contribution in [0.25, 0.3) is 16.4 Å². The van der Waals surface area contributed by atoms with Gasteiger partial charge in [0.15, 0.2) is 5.69 Å². The Morgan fingerprint density at radius 1 is 1.23 bits per heavy atom. The van der Waals surface area contributed by atoms with Crippen LogP contribution in [-0.4, -0.2) is 26.9 Å². The summed E-state index contributed by atoms with van der Waals surface area (Å²) in [5, 5.41) is 1.58. The van der Waals surface area contributed by atoms with Gasteiger partial charge in [-0.3, -0.25) is 4.98 Å². The average molecular weight is 366 g/mol. The van der Waals surface area contributed by atoms with Gasteiger partial charge in [-0.25, -0.2) is 9.78 Å². The summed E-state index contributed by atoms with van der Waals surface area (Å²) in [5.74, 6) is 0.370. The van der Waals surface area contributed by atoms with Gasteiger partial charge < -0.3 is 9.14 Å². The van der Waals surface area contributed by atoms with Gasteiger partial charge in [-0.2, -0.15) is 0 Å². The maximum atomic E-state index is 12.2. The summed E-state index contributed by atoms with van der Waals surface area (Å²) in [6, 6.07) is 13.6. The lowest BCUT2D eigenvalue weighted by atomic mass is 10.1. The van der Waals surface area contributed by atoms with E-state index >= 15 is 0 Å². The summed E-state index contributed by atoms with van der Waals surface area (Å²) in [6.45, 7) is 2.10. The summed E-state index contributed by atoms with van der Waals surface area (Å²) in [6.07, 6.45) is 4.12. The van der Waals surface area contributed by atoms with E-state index in [1.807, 2.05) is 53.1 Å². The monoisotopic (exact) mass is 365 g/mol. The molecule has 0 bridgehead atoms. The van der Waals surface area contributed by atoms with Crippen molar-refractivity contribution >= 4 is 34.0 Å². The van der Waals surface area contributed by atoms with Crippen LogP contribution in [0.4, 0.5) is 0 Å². The molecular formula is C20H16ClN3O2. The zero-order valence-corrected chi connectivity index (χ0v) is 14.9. The maximum Gasteiger partial charge on any atom is 0.359 e. The highest BCUT2D eigenvalue weighted by Crippen LogP contribution is 2.21. The molecule has 130 valence electrons. The Morgan fingerprint density at radius 3 is 2.96 bits per heavy atom. The van der Waals surface area contributed by atoms with Crippen molar-refractivity contribution in [1.29, 1.82) is 0 Å². The highest BCUT2D eigenvalue weighted by atomic mass is 35.5. The third-order valence-corrected chi connectivity index (χ3v) is 4.37. The summed E-state index contributed by atoms with van der Waals surface area (Å²) >= 11 is 6.05. The molecule has 0 aliphatic rings. The van der Waals surface area contributed by atoms with Crippen LogP contribution in [0.3, 0.4) is 0 Å². The van der Waals surface area contributed by atoms with Crippen molar-refractivity contribution in [2.24, 2.45) is 0 Å². The second-order valence-electron chi connectivity index (χ2n) is 5.91. The summed E-state index contributed by atoms with van der Waals surface area (Å²) < 4.78 is 7.06. The third-order valence-electron chi connectivity index (χ3n) is 4.16. The predicted molar refractivity (Wildman–Crippen MR) is 101 cm³/mol. The molecule has 4 aromatic rings. The van der Waals surface area contributed by atoms with E-state index in [4.69, 9.17) is 16.3 Å². The highest BCUT2D eigenvalue weighted by molar-refractivity contribution is 6.31. The van der Waals surface area contributed by atoms with Crippen LogP contribution in [0.15, 0.2) is 54.9 Å². The van der Waals surface area contributed by atoms with E-state index in [2.05, 4.69) is 9.97 Å². The van der Waals surface area contributed by atoms with Crippen molar-refractivity contribution in [1.82, 2.24) is 14.4 Å². The Hall–Kier alpha value is -2.92. The van der Waals surface area contributed by atoms with Crippen molar-refractivity contribution in [2.75, 3.05) is 6.61 Å². The number of pyridine rings is 2. The van der Waals surface area contributed by atoms with Crippen molar-refractivity contribution in [2.45, 2.75) is 13.3 Å². The Labute approximate surface area is 155 Å². The molecule has 0 spiro atoms. The SMILES string of the molecule is CCOC(=O)c1nc(Cc2ccc3ncc(Cl)cc3c2)n2ccccc12. The van der Waals surface area contributed by atoms with E-state index in [9.17, 15) is 4.79 Å². The molecule has 0 radical (unpaired) electrons. The minimum atomic E-state index is -0.406. The van der Waals surface area contributed by atoms with Crippen LogP contribution < -0.4 is 0 Å². The Balaban J connectivity index is 1.76. The molecule has 0 aliphatic heterocycles. The molecule has 0 aliphatic carbocycles. The smallest absolute Gasteiger partial charge is 0.359 e. The number of aromatic nitrogens is 3. The van der Waals surface area contributed by atoms with Gasteiger partial charge in [-0.1, -0.05) is 23.7 Å². The van der Waals surface area contributed by atoms with Crippen molar-refractivity contribution in [3.05, 3.63) is 77.0 Å². The third kappa shape index (κ3) is 3.02. The fourth-order valence-electron chi connectivity index (χ4n) is 3.02. The summed E-state index contributed by atoms with van der Waals surface area (Å²) in [4.78, 5) is 21.1. The minimum Gasteiger partial charge on any atom is -0.461 e. The normalized spacial score (nSPS) is 11.2. The molecule has 26 heavy (non-hydrogen) atoms. The van der Waals surface area contributed by atoms with Crippen LogP contribution in [0.2, 0.25) is 5.02 Å². The molecule has 0 atom stereocenters. The number of hydrogen-bond donors (Lipinski definition) is 0. The van der Waals surface area contributed by atoms with Gasteiger partial charge in [-0.15, -0.1) is 0 Å². The number of halogens is 1. The molecular weight excluding hydrogens is 350 g/mol. The number of imidazole rings is 1. The second-order valence-corrected chi connectivity index (χ2v) is 6.35. The fraction of sp³-hybridized carbons (Fsp3) is 0.150. The molecule has 0 amide bonds. The molecule has 5 nitrogen and oxygen atoms in total. The van der Waals surface area contributed by atoms with Crippen LogP contribution in [-0.2, 0) is 11.2 Å². The van der Waals surface area contributed by atoms with E-state index < -0.39 is 5.97 Å². The average Bonchev–Trinajstić information content (AvgIpc) is 3.00. The molecule has 3 heterocycles. The lowest BCUT2D eigenvalue weighted by Gasteiger charge is -2.04. The molecule has 3 aromatic heterocycles. The second kappa shape index (κ2) is 6.77. The number of hydrogen-bond acceptors (Lipinski definition) is 4. The molecule has 0 saturated carbocycles. The Morgan fingerprint density at radius 2 is 2.12 bits per heavy atom. The Kier molecular flexibility index (Phi) is 4.31. The number of benzene rings is 1. The van der Waals surface area contributed by atoms with E-state index in [-0.39, 0.29) is 0 Å². The van der Waals surface area contributed by atoms with Gasteiger partial charge in [0.05, 0.1) is 22.7 Å². The number of ether oxygens (including phenoxy) is 1. The number of esters is 1. The summed E-state index contributed by atoms with van der Waals surface area (Å²) in [7, 11) is 0. The first-order valence-corrected chi connectivity index (χ1v) is 8.71. The van der Waals surface area contributed by atoms with Crippen molar-refractivity contribution < 1.29 is 9.53 Å². The number of carbonyl (C=O) groups excluding carboxylic acids is 1. The Bertz CT molecular complexity index is 1120. The fourth-order valence-corrected chi connectivity index (χ4v) is 3.19. The minimum absolute atomic E-state index is 0.318. The zero-order chi connectivity index (χ0) is 18.1. The van der Waals surface area contributed by atoms with Gasteiger partial charge in [-0.05, 0) is 42.8 Å². The molecule has 0 saturated heterocycles. The molecule has 0 unspecified atom stereocenters. The van der Waals surface area contributed by atoms with Crippen LogP contribution in [0, 0.1) is 0 Å². The molecule has 6 heteroatoms. The largest absolute Gasteiger partial charge is 0.461 e. The number of fused-ring (bicyclic) bond motifs is 2. The van der Waals surface area contributed by atoms with Crippen LogP contribution in [0.1, 0.15) is 28.8 Å². The lowest BCUT2D eigenvalue weighted by molar-refractivity contribution is 0.0522. The first kappa shape index (κ1) is 16.5. The quantitative estimate of drug-likeness (QED) is 0.506. The van der Waals surface area contributed by atoms with Gasteiger partial charge >= 0.3 is 5.97 Å². The van der Waals surface area contributed by atoms with E-state index in [0.717, 1.165) is 27.8 Å². The van der Waals surface area contributed by atoms with E-state index in [1.54, 1.807) is 13.1 Å². The van der Waals surface area contributed by atoms with Gasteiger partial charge in [0.1, 0.15) is 5.82 Å². The zero-order valence-electron chi connectivity index (χ0n) is 14.1. The van der Waals surface area contributed by atoms with E-state index in [1.165, 1.54) is 0 Å². The maximum absolute atomic E-state index is 12.2. The molecule has 0 N–H and O–H groups in total. The van der Waals surface area contributed by atoms with Crippen molar-refractivity contribution in [3.63, 3.8) is 0 Å². The van der Waals surface area contributed by atoms with E-state index in [0.29, 0.717) is 23.7 Å². The lowest BCUT2D eigenvalue weighted by Crippen LogP contribution is -2.05. The number of carbonyl (C=O) groups is 1. The number of nitrogens with zero attached hydrogens (tertiary/aromatic N) is 3. The highest BCUT2D eigenvalue weighted by Gasteiger charge is 2.18. The van der Waals surface area contributed by atoms with Crippen LogP contribution in [0.5, 0.6) is 0 Å².